The molecule has 2 N–H and O–H groups in total. The summed E-state index contributed by atoms with van der Waals surface area (Å²) >= 11 is 0.818. The summed E-state index contributed by atoms with van der Waals surface area (Å²) in [7, 11) is 0. The maximum Gasteiger partial charge on any atom is 0.269 e. The fourth-order valence-electron chi connectivity index (χ4n) is 2.00. The van der Waals surface area contributed by atoms with Crippen molar-refractivity contribution in [3.63, 3.8) is 0 Å². The molecular formula is C16H12F2N2O4S. The fourth-order valence-corrected chi connectivity index (χ4v) is 2.76. The summed E-state index contributed by atoms with van der Waals surface area (Å²) in [4.78, 5) is 23.7. The van der Waals surface area contributed by atoms with Crippen LogP contribution >= 0.6 is 11.8 Å². The number of benzene rings is 2. The topological polar surface area (TPSA) is 76.7 Å². The SMILES string of the molecule is O=C(CSc1cc(F)ccc1F)NNC(=O)c1ccc2c(c1)OCO2. The van der Waals surface area contributed by atoms with Crippen molar-refractivity contribution in [2.45, 2.75) is 4.90 Å². The predicted molar refractivity (Wildman–Crippen MR) is 85.3 cm³/mol. The number of rotatable bonds is 4. The van der Waals surface area contributed by atoms with Crippen molar-refractivity contribution in [2.75, 3.05) is 12.5 Å². The molecule has 6 nitrogen and oxygen atoms in total. The molecule has 1 aliphatic rings. The molecule has 2 amide bonds. The van der Waals surface area contributed by atoms with Gasteiger partial charge in [-0.15, -0.1) is 11.8 Å². The summed E-state index contributed by atoms with van der Waals surface area (Å²) in [6, 6.07) is 7.56. The van der Waals surface area contributed by atoms with Gasteiger partial charge in [0, 0.05) is 10.5 Å². The van der Waals surface area contributed by atoms with Gasteiger partial charge in [-0.2, -0.15) is 0 Å². The van der Waals surface area contributed by atoms with E-state index in [1.165, 1.54) is 12.1 Å². The van der Waals surface area contributed by atoms with Gasteiger partial charge in [-0.25, -0.2) is 8.78 Å². The van der Waals surface area contributed by atoms with Gasteiger partial charge in [0.2, 0.25) is 12.7 Å². The Morgan fingerprint density at radius 2 is 1.84 bits per heavy atom. The van der Waals surface area contributed by atoms with Crippen LogP contribution in [-0.2, 0) is 4.79 Å². The zero-order valence-corrected chi connectivity index (χ0v) is 13.5. The lowest BCUT2D eigenvalue weighted by Crippen LogP contribution is -2.42. The van der Waals surface area contributed by atoms with Gasteiger partial charge in [-0.1, -0.05) is 0 Å². The zero-order valence-electron chi connectivity index (χ0n) is 12.7. The number of hydrogen-bond donors (Lipinski definition) is 2. The highest BCUT2D eigenvalue weighted by molar-refractivity contribution is 8.00. The summed E-state index contributed by atoms with van der Waals surface area (Å²) in [5, 5.41) is 0. The number of fused-ring (bicyclic) bond motifs is 1. The van der Waals surface area contributed by atoms with Crippen molar-refractivity contribution in [1.29, 1.82) is 0 Å². The molecule has 0 unspecified atom stereocenters. The molecule has 0 aliphatic carbocycles. The number of ether oxygens (including phenoxy) is 2. The molecule has 0 saturated carbocycles. The molecule has 0 radical (unpaired) electrons. The molecule has 0 saturated heterocycles. The van der Waals surface area contributed by atoms with E-state index in [0.717, 1.165) is 30.0 Å². The Bertz CT molecular complexity index is 832. The first-order valence-corrected chi connectivity index (χ1v) is 8.08. The third-order valence-electron chi connectivity index (χ3n) is 3.20. The van der Waals surface area contributed by atoms with E-state index in [1.54, 1.807) is 6.07 Å². The standard InChI is InChI=1S/C16H12F2N2O4S/c17-10-2-3-11(18)14(6-10)25-7-15(21)19-20-16(22)9-1-4-12-13(5-9)24-8-23-12/h1-6H,7-8H2,(H,19,21)(H,20,22). The van der Waals surface area contributed by atoms with Crippen molar-refractivity contribution in [3.8, 4) is 11.5 Å². The molecular weight excluding hydrogens is 354 g/mol. The molecule has 1 aliphatic heterocycles. The third-order valence-corrected chi connectivity index (χ3v) is 4.23. The summed E-state index contributed by atoms with van der Waals surface area (Å²) in [6.45, 7) is 0.0883. The van der Waals surface area contributed by atoms with Crippen molar-refractivity contribution in [1.82, 2.24) is 10.9 Å². The Morgan fingerprint density at radius 3 is 2.68 bits per heavy atom. The molecule has 130 valence electrons. The van der Waals surface area contributed by atoms with Gasteiger partial charge < -0.3 is 9.47 Å². The van der Waals surface area contributed by atoms with E-state index in [2.05, 4.69) is 10.9 Å². The minimum atomic E-state index is -0.622. The Balaban J connectivity index is 1.50. The molecule has 1 heterocycles. The van der Waals surface area contributed by atoms with E-state index in [9.17, 15) is 18.4 Å². The average molecular weight is 366 g/mol. The van der Waals surface area contributed by atoms with Crippen LogP contribution in [0.3, 0.4) is 0 Å². The highest BCUT2D eigenvalue weighted by atomic mass is 32.2. The van der Waals surface area contributed by atoms with E-state index >= 15 is 0 Å². The molecule has 25 heavy (non-hydrogen) atoms. The van der Waals surface area contributed by atoms with Crippen molar-refractivity contribution >= 4 is 23.6 Å². The number of carbonyl (C=O) groups is 2. The molecule has 0 fully saturated rings. The van der Waals surface area contributed by atoms with E-state index in [4.69, 9.17) is 9.47 Å². The van der Waals surface area contributed by atoms with Gasteiger partial charge >= 0.3 is 0 Å². The second-order valence-electron chi connectivity index (χ2n) is 4.93. The first kappa shape index (κ1) is 17.0. The van der Waals surface area contributed by atoms with Gasteiger partial charge in [0.1, 0.15) is 11.6 Å². The van der Waals surface area contributed by atoms with Gasteiger partial charge in [0.25, 0.3) is 5.91 Å². The number of thioether (sulfide) groups is 1. The third kappa shape index (κ3) is 4.18. The van der Waals surface area contributed by atoms with E-state index < -0.39 is 23.4 Å². The molecule has 0 bridgehead atoms. The highest BCUT2D eigenvalue weighted by Gasteiger charge is 2.16. The minimum Gasteiger partial charge on any atom is -0.454 e. The summed E-state index contributed by atoms with van der Waals surface area (Å²) in [5.74, 6) is -1.55. The lowest BCUT2D eigenvalue weighted by Gasteiger charge is -2.08. The molecule has 0 aromatic heterocycles. The van der Waals surface area contributed by atoms with Crippen molar-refractivity contribution in [3.05, 3.63) is 53.6 Å². The van der Waals surface area contributed by atoms with Crippen LogP contribution in [0.2, 0.25) is 0 Å². The number of amides is 2. The zero-order chi connectivity index (χ0) is 17.8. The van der Waals surface area contributed by atoms with Gasteiger partial charge in [-0.3, -0.25) is 20.4 Å². The number of hydrazine groups is 1. The maximum atomic E-state index is 13.5. The van der Waals surface area contributed by atoms with Crippen LogP contribution in [0, 0.1) is 11.6 Å². The Labute approximate surface area is 145 Å². The van der Waals surface area contributed by atoms with Crippen LogP contribution in [0.15, 0.2) is 41.3 Å². The molecule has 0 spiro atoms. The molecule has 0 atom stereocenters. The number of halogens is 2. The smallest absolute Gasteiger partial charge is 0.269 e. The molecule has 2 aromatic carbocycles. The Kier molecular flexibility index (Phi) is 5.03. The Morgan fingerprint density at radius 1 is 1.04 bits per heavy atom. The van der Waals surface area contributed by atoms with Gasteiger partial charge in [0.05, 0.1) is 5.75 Å². The lowest BCUT2D eigenvalue weighted by molar-refractivity contribution is -0.119. The number of nitrogens with one attached hydrogen (secondary N) is 2. The lowest BCUT2D eigenvalue weighted by atomic mass is 10.2. The van der Waals surface area contributed by atoms with Gasteiger partial charge in [-0.05, 0) is 36.4 Å². The highest BCUT2D eigenvalue weighted by Crippen LogP contribution is 2.32. The predicted octanol–water partition coefficient (Wildman–Crippen LogP) is 2.25. The van der Waals surface area contributed by atoms with Crippen LogP contribution in [0.5, 0.6) is 11.5 Å². The molecule has 9 heteroatoms. The number of carbonyl (C=O) groups excluding carboxylic acids is 2. The van der Waals surface area contributed by atoms with Crippen LogP contribution < -0.4 is 20.3 Å². The van der Waals surface area contributed by atoms with Crippen LogP contribution in [0.1, 0.15) is 10.4 Å². The average Bonchev–Trinajstić information content (AvgIpc) is 3.08. The van der Waals surface area contributed by atoms with Crippen molar-refractivity contribution < 1.29 is 27.8 Å². The van der Waals surface area contributed by atoms with E-state index in [1.807, 2.05) is 0 Å². The van der Waals surface area contributed by atoms with Crippen LogP contribution in [0.25, 0.3) is 0 Å². The molecule has 3 rings (SSSR count). The minimum absolute atomic E-state index is 0.0113. The van der Waals surface area contributed by atoms with E-state index in [-0.39, 0.29) is 23.0 Å². The fraction of sp³-hybridized carbons (Fsp3) is 0.125. The largest absolute Gasteiger partial charge is 0.454 e. The number of hydrogen-bond acceptors (Lipinski definition) is 5. The second kappa shape index (κ2) is 7.39. The first-order chi connectivity index (χ1) is 12.0. The summed E-state index contributed by atoms with van der Waals surface area (Å²) in [5.41, 5.74) is 4.71. The maximum absolute atomic E-state index is 13.5. The molecule has 2 aromatic rings. The first-order valence-electron chi connectivity index (χ1n) is 7.09. The Hall–Kier alpha value is -2.81. The normalized spacial score (nSPS) is 11.9. The quantitative estimate of drug-likeness (QED) is 0.641. The monoisotopic (exact) mass is 366 g/mol. The summed E-state index contributed by atoms with van der Waals surface area (Å²) in [6.07, 6.45) is 0. The van der Waals surface area contributed by atoms with Gasteiger partial charge in [0.15, 0.2) is 11.5 Å². The second-order valence-corrected chi connectivity index (χ2v) is 5.95. The van der Waals surface area contributed by atoms with E-state index in [0.29, 0.717) is 11.5 Å². The van der Waals surface area contributed by atoms with Crippen LogP contribution in [-0.4, -0.2) is 24.4 Å². The summed E-state index contributed by atoms with van der Waals surface area (Å²) < 4.78 is 36.8. The van der Waals surface area contributed by atoms with Crippen molar-refractivity contribution in [2.24, 2.45) is 0 Å². The van der Waals surface area contributed by atoms with Crippen LogP contribution in [0.4, 0.5) is 8.78 Å².